The van der Waals surface area contributed by atoms with Gasteiger partial charge in [0.25, 0.3) is 0 Å². The van der Waals surface area contributed by atoms with Crippen LogP contribution in [0.2, 0.25) is 0 Å². The molecule has 0 aliphatic heterocycles. The fraction of sp³-hybridized carbons (Fsp3) is 0.200. The normalized spacial score (nSPS) is 21.5. The van der Waals surface area contributed by atoms with Crippen LogP contribution < -0.4 is 0 Å². The fourth-order valence-corrected chi connectivity index (χ4v) is 1.47. The fourth-order valence-electron chi connectivity index (χ4n) is 1.47. The minimum absolute atomic E-state index is 1.17. The molecule has 0 spiro atoms. The van der Waals surface area contributed by atoms with Crippen LogP contribution in [0.3, 0.4) is 0 Å². The summed E-state index contributed by atoms with van der Waals surface area (Å²) in [5.41, 5.74) is 4.34. The average molecular weight is 130 g/mol. The standard InChI is InChI=1S/C10H10/c1-2-3-9-6-8-4-5-10(9)7-8/h2-6H,7H2,1H3. The second kappa shape index (κ2) is 1.98. The Bertz CT molecular complexity index is 272. The molecule has 0 nitrogen and oxygen atoms in total. The third-order valence-electron chi connectivity index (χ3n) is 1.95. The van der Waals surface area contributed by atoms with Crippen molar-refractivity contribution in [1.82, 2.24) is 0 Å². The smallest absolute Gasteiger partial charge is 0.00196 e. The highest BCUT2D eigenvalue weighted by molar-refractivity contribution is 5.58. The minimum atomic E-state index is 1.17. The first-order valence-corrected chi connectivity index (χ1v) is 3.64. The second-order valence-electron chi connectivity index (χ2n) is 2.71. The van der Waals surface area contributed by atoms with E-state index in [1.807, 2.05) is 0 Å². The van der Waals surface area contributed by atoms with E-state index in [0.29, 0.717) is 0 Å². The lowest BCUT2D eigenvalue weighted by Gasteiger charge is -1.93. The van der Waals surface area contributed by atoms with Crippen LogP contribution in [-0.4, -0.2) is 0 Å². The zero-order chi connectivity index (χ0) is 6.97. The van der Waals surface area contributed by atoms with Crippen molar-refractivity contribution in [2.24, 2.45) is 0 Å². The van der Waals surface area contributed by atoms with Gasteiger partial charge in [0.1, 0.15) is 0 Å². The Labute approximate surface area is 61.3 Å². The maximum absolute atomic E-state index is 2.26. The van der Waals surface area contributed by atoms with Crippen molar-refractivity contribution in [1.29, 1.82) is 0 Å². The van der Waals surface area contributed by atoms with E-state index >= 15 is 0 Å². The molecule has 2 rings (SSSR count). The van der Waals surface area contributed by atoms with Crippen LogP contribution in [0.5, 0.6) is 0 Å². The summed E-state index contributed by atoms with van der Waals surface area (Å²) in [6.07, 6.45) is 12.1. The topological polar surface area (TPSA) is 0 Å². The molecule has 0 atom stereocenters. The van der Waals surface area contributed by atoms with Crippen molar-refractivity contribution in [2.75, 3.05) is 0 Å². The van der Waals surface area contributed by atoms with Crippen LogP contribution in [0.25, 0.3) is 0 Å². The largest absolute Gasteiger partial charge is 0.0871 e. The van der Waals surface area contributed by atoms with Crippen LogP contribution in [0.1, 0.15) is 13.3 Å². The van der Waals surface area contributed by atoms with Gasteiger partial charge in [0.05, 0.1) is 0 Å². The van der Waals surface area contributed by atoms with Gasteiger partial charge >= 0.3 is 0 Å². The lowest BCUT2D eigenvalue weighted by atomic mass is 10.1. The summed E-state index contributed by atoms with van der Waals surface area (Å²) in [5, 5.41) is 0. The van der Waals surface area contributed by atoms with Gasteiger partial charge in [-0.15, -0.1) is 0 Å². The highest BCUT2D eigenvalue weighted by atomic mass is 14.2. The molecule has 0 aromatic rings. The quantitative estimate of drug-likeness (QED) is 0.512. The molecule has 0 fully saturated rings. The SMILES string of the molecule is CC=CC1=C2C=CC(=C1)C2. The molecule has 0 aromatic heterocycles. The number of hydrogen-bond acceptors (Lipinski definition) is 0. The molecular formula is C10H10. The summed E-state index contributed by atoms with van der Waals surface area (Å²) >= 11 is 0. The van der Waals surface area contributed by atoms with Gasteiger partial charge in [-0.2, -0.15) is 0 Å². The highest BCUT2D eigenvalue weighted by Gasteiger charge is 2.14. The first-order chi connectivity index (χ1) is 4.90. The van der Waals surface area contributed by atoms with Crippen molar-refractivity contribution >= 4 is 0 Å². The molecule has 0 heteroatoms. The van der Waals surface area contributed by atoms with Crippen LogP contribution >= 0.6 is 0 Å². The van der Waals surface area contributed by atoms with Crippen molar-refractivity contribution in [3.8, 4) is 0 Å². The van der Waals surface area contributed by atoms with Gasteiger partial charge in [0, 0.05) is 0 Å². The Hall–Kier alpha value is -1.04. The Morgan fingerprint density at radius 3 is 2.80 bits per heavy atom. The molecule has 50 valence electrons. The average Bonchev–Trinajstić information content (AvgIpc) is 2.48. The van der Waals surface area contributed by atoms with Gasteiger partial charge in [-0.1, -0.05) is 30.4 Å². The van der Waals surface area contributed by atoms with Crippen molar-refractivity contribution in [2.45, 2.75) is 13.3 Å². The molecule has 0 heterocycles. The van der Waals surface area contributed by atoms with Crippen molar-refractivity contribution < 1.29 is 0 Å². The van der Waals surface area contributed by atoms with E-state index in [-0.39, 0.29) is 0 Å². The molecular weight excluding hydrogens is 120 g/mol. The van der Waals surface area contributed by atoms with E-state index in [1.54, 1.807) is 0 Å². The van der Waals surface area contributed by atoms with Gasteiger partial charge < -0.3 is 0 Å². The van der Waals surface area contributed by atoms with Crippen LogP contribution in [-0.2, 0) is 0 Å². The Balaban J connectivity index is 2.41. The van der Waals surface area contributed by atoms with Gasteiger partial charge in [-0.25, -0.2) is 0 Å². The molecule has 0 unspecified atom stereocenters. The van der Waals surface area contributed by atoms with Gasteiger partial charge in [0.2, 0.25) is 0 Å². The molecule has 0 N–H and O–H groups in total. The Morgan fingerprint density at radius 2 is 2.30 bits per heavy atom. The molecule has 0 amide bonds. The monoisotopic (exact) mass is 130 g/mol. The summed E-state index contributed by atoms with van der Waals surface area (Å²) < 4.78 is 0. The van der Waals surface area contributed by atoms with Gasteiger partial charge in [-0.05, 0) is 30.1 Å². The molecule has 2 bridgehead atoms. The van der Waals surface area contributed by atoms with E-state index in [2.05, 4.69) is 37.3 Å². The molecule has 0 aromatic carbocycles. The summed E-state index contributed by atoms with van der Waals surface area (Å²) in [5.74, 6) is 0. The van der Waals surface area contributed by atoms with Crippen LogP contribution in [0.4, 0.5) is 0 Å². The predicted molar refractivity (Wildman–Crippen MR) is 43.7 cm³/mol. The van der Waals surface area contributed by atoms with E-state index in [4.69, 9.17) is 0 Å². The number of allylic oxidation sites excluding steroid dienone is 8. The van der Waals surface area contributed by atoms with Gasteiger partial charge in [-0.3, -0.25) is 0 Å². The van der Waals surface area contributed by atoms with Crippen molar-refractivity contribution in [3.05, 3.63) is 47.1 Å². The molecule has 0 radical (unpaired) electrons. The predicted octanol–water partition coefficient (Wildman–Crippen LogP) is 2.76. The summed E-state index contributed by atoms with van der Waals surface area (Å²) in [7, 11) is 0. The zero-order valence-electron chi connectivity index (χ0n) is 6.09. The number of hydrogen-bond donors (Lipinski definition) is 0. The molecule has 10 heavy (non-hydrogen) atoms. The summed E-state index contributed by atoms with van der Waals surface area (Å²) in [6, 6.07) is 0. The molecule has 2 aliphatic rings. The van der Waals surface area contributed by atoms with E-state index in [1.165, 1.54) is 23.1 Å². The molecule has 0 saturated carbocycles. The van der Waals surface area contributed by atoms with Crippen LogP contribution in [0.15, 0.2) is 47.1 Å². The lowest BCUT2D eigenvalue weighted by Crippen LogP contribution is -1.73. The second-order valence-corrected chi connectivity index (χ2v) is 2.71. The Morgan fingerprint density at radius 1 is 1.40 bits per heavy atom. The number of fused-ring (bicyclic) bond motifs is 2. The highest BCUT2D eigenvalue weighted by Crippen LogP contribution is 2.33. The third kappa shape index (κ3) is 0.688. The Kier molecular flexibility index (Phi) is 1.13. The molecule has 0 saturated heterocycles. The van der Waals surface area contributed by atoms with Crippen molar-refractivity contribution in [3.63, 3.8) is 0 Å². The lowest BCUT2D eigenvalue weighted by molar-refractivity contribution is 1.31. The number of rotatable bonds is 1. The minimum Gasteiger partial charge on any atom is -0.0871 e. The van der Waals surface area contributed by atoms with E-state index < -0.39 is 0 Å². The summed E-state index contributed by atoms with van der Waals surface area (Å²) in [6.45, 7) is 2.06. The molecule has 2 aliphatic carbocycles. The summed E-state index contributed by atoms with van der Waals surface area (Å²) in [4.78, 5) is 0. The van der Waals surface area contributed by atoms with E-state index in [0.717, 1.165) is 0 Å². The van der Waals surface area contributed by atoms with Gasteiger partial charge in [0.15, 0.2) is 0 Å². The first-order valence-electron chi connectivity index (χ1n) is 3.64. The maximum Gasteiger partial charge on any atom is -0.00196 e. The zero-order valence-corrected chi connectivity index (χ0v) is 6.09. The van der Waals surface area contributed by atoms with Crippen LogP contribution in [0, 0.1) is 0 Å². The third-order valence-corrected chi connectivity index (χ3v) is 1.95. The van der Waals surface area contributed by atoms with E-state index in [9.17, 15) is 0 Å². The first kappa shape index (κ1) is 5.72. The maximum atomic E-state index is 2.26.